The van der Waals surface area contributed by atoms with Gasteiger partial charge in [-0.3, -0.25) is 4.57 Å². The molecule has 22 heavy (non-hydrogen) atoms. The summed E-state index contributed by atoms with van der Waals surface area (Å²) in [6.07, 6.45) is 3.94. The predicted molar refractivity (Wildman–Crippen MR) is 89.7 cm³/mol. The monoisotopic (exact) mass is 311 g/mol. The number of pyridine rings is 1. The smallest absolute Gasteiger partial charge is 0.164 e. The van der Waals surface area contributed by atoms with Gasteiger partial charge in [-0.15, -0.1) is 0 Å². The van der Waals surface area contributed by atoms with Crippen molar-refractivity contribution in [2.24, 2.45) is 5.92 Å². The molecule has 112 valence electrons. The largest absolute Gasteiger partial charge is 0.506 e. The summed E-state index contributed by atoms with van der Waals surface area (Å²) >= 11 is 2.01. The topological polar surface area (TPSA) is 50.9 Å². The van der Waals surface area contributed by atoms with Crippen LogP contribution in [0.4, 0.5) is 0 Å². The highest BCUT2D eigenvalue weighted by Crippen LogP contribution is 2.31. The summed E-state index contributed by atoms with van der Waals surface area (Å²) in [5.74, 6) is 4.33. The second-order valence-corrected chi connectivity index (χ2v) is 6.78. The van der Waals surface area contributed by atoms with E-state index < -0.39 is 0 Å². The Morgan fingerprint density at radius 3 is 2.95 bits per heavy atom. The van der Waals surface area contributed by atoms with Crippen LogP contribution in [-0.2, 0) is 6.42 Å². The second-order valence-electron chi connectivity index (χ2n) is 5.63. The minimum Gasteiger partial charge on any atom is -0.506 e. The molecule has 2 aromatic heterocycles. The average Bonchev–Trinajstić information content (AvgIpc) is 3.16. The zero-order valence-electron chi connectivity index (χ0n) is 12.1. The van der Waals surface area contributed by atoms with Crippen LogP contribution in [0.25, 0.3) is 16.9 Å². The van der Waals surface area contributed by atoms with Gasteiger partial charge in [0.2, 0.25) is 0 Å². The van der Waals surface area contributed by atoms with Gasteiger partial charge in [0.25, 0.3) is 0 Å². The van der Waals surface area contributed by atoms with E-state index in [9.17, 15) is 5.11 Å². The zero-order chi connectivity index (χ0) is 14.9. The Morgan fingerprint density at radius 1 is 1.23 bits per heavy atom. The molecule has 5 heteroatoms. The lowest BCUT2D eigenvalue weighted by molar-refractivity contribution is 0.471. The Balaban J connectivity index is 1.88. The molecule has 1 saturated heterocycles. The third-order valence-corrected chi connectivity index (χ3v) is 5.33. The van der Waals surface area contributed by atoms with Crippen LogP contribution < -0.4 is 0 Å². The molecule has 3 aromatic rings. The van der Waals surface area contributed by atoms with Crippen LogP contribution in [0, 0.1) is 5.92 Å². The van der Waals surface area contributed by atoms with E-state index in [0.717, 1.165) is 29.1 Å². The van der Waals surface area contributed by atoms with Gasteiger partial charge in [0.1, 0.15) is 17.1 Å². The molecule has 1 unspecified atom stereocenters. The van der Waals surface area contributed by atoms with Crippen molar-refractivity contribution in [2.75, 3.05) is 11.5 Å². The predicted octanol–water partition coefficient (Wildman–Crippen LogP) is 3.42. The van der Waals surface area contributed by atoms with E-state index in [1.807, 2.05) is 46.7 Å². The number of thioether (sulfide) groups is 1. The molecule has 1 aliphatic heterocycles. The molecule has 1 aromatic carbocycles. The Hall–Kier alpha value is -2.01. The summed E-state index contributed by atoms with van der Waals surface area (Å²) in [6, 6.07) is 11.3. The molecule has 0 amide bonds. The van der Waals surface area contributed by atoms with Crippen molar-refractivity contribution in [1.82, 2.24) is 14.5 Å². The van der Waals surface area contributed by atoms with E-state index in [1.165, 1.54) is 17.9 Å². The van der Waals surface area contributed by atoms with E-state index in [4.69, 9.17) is 4.98 Å². The Morgan fingerprint density at radius 2 is 2.14 bits per heavy atom. The number of nitrogens with zero attached hydrogens (tertiary/aromatic N) is 3. The van der Waals surface area contributed by atoms with Gasteiger partial charge in [-0.05, 0) is 48.1 Å². The van der Waals surface area contributed by atoms with Crippen molar-refractivity contribution < 1.29 is 5.11 Å². The normalized spacial score (nSPS) is 18.1. The van der Waals surface area contributed by atoms with Gasteiger partial charge >= 0.3 is 0 Å². The standard InChI is InChI=1S/C17H17N3OS/c21-15-6-2-1-5-14(15)20-16(10-12-7-9-22-11-12)19-13-4-3-8-18-17(13)20/h1-6,8,12,21H,7,9-11H2. The number of fused-ring (bicyclic) bond motifs is 1. The number of benzene rings is 1. The van der Waals surface area contributed by atoms with Gasteiger partial charge in [0.05, 0.1) is 5.69 Å². The summed E-state index contributed by atoms with van der Waals surface area (Å²) in [5, 5.41) is 10.2. The maximum absolute atomic E-state index is 10.2. The summed E-state index contributed by atoms with van der Waals surface area (Å²) in [4.78, 5) is 9.25. The summed E-state index contributed by atoms with van der Waals surface area (Å²) < 4.78 is 2.01. The van der Waals surface area contributed by atoms with Crippen LogP contribution in [0.3, 0.4) is 0 Å². The van der Waals surface area contributed by atoms with Crippen molar-refractivity contribution in [3.8, 4) is 11.4 Å². The molecular formula is C17H17N3OS. The van der Waals surface area contributed by atoms with Gasteiger partial charge in [-0.2, -0.15) is 11.8 Å². The van der Waals surface area contributed by atoms with Gasteiger partial charge < -0.3 is 5.11 Å². The molecule has 0 bridgehead atoms. The Kier molecular flexibility index (Phi) is 3.50. The molecule has 0 saturated carbocycles. The minimum atomic E-state index is 0.259. The quantitative estimate of drug-likeness (QED) is 0.805. The lowest BCUT2D eigenvalue weighted by Gasteiger charge is -2.12. The number of phenols is 1. The maximum Gasteiger partial charge on any atom is 0.164 e. The molecular weight excluding hydrogens is 294 g/mol. The van der Waals surface area contributed by atoms with Crippen molar-refractivity contribution >= 4 is 22.9 Å². The first kappa shape index (κ1) is 13.6. The van der Waals surface area contributed by atoms with Gasteiger partial charge in [-0.25, -0.2) is 9.97 Å². The van der Waals surface area contributed by atoms with E-state index >= 15 is 0 Å². The van der Waals surface area contributed by atoms with Gasteiger partial charge in [0, 0.05) is 12.6 Å². The van der Waals surface area contributed by atoms with E-state index in [1.54, 1.807) is 12.3 Å². The third kappa shape index (κ3) is 2.35. The van der Waals surface area contributed by atoms with E-state index in [0.29, 0.717) is 5.92 Å². The first-order valence-corrected chi connectivity index (χ1v) is 8.67. The van der Waals surface area contributed by atoms with Crippen LogP contribution in [-0.4, -0.2) is 31.1 Å². The van der Waals surface area contributed by atoms with Crippen LogP contribution in [0.15, 0.2) is 42.6 Å². The molecule has 4 rings (SSSR count). The lowest BCUT2D eigenvalue weighted by Crippen LogP contribution is -2.09. The summed E-state index contributed by atoms with van der Waals surface area (Å²) in [7, 11) is 0. The number of hydrogen-bond acceptors (Lipinski definition) is 4. The van der Waals surface area contributed by atoms with Crippen molar-refractivity contribution in [3.63, 3.8) is 0 Å². The fourth-order valence-electron chi connectivity index (χ4n) is 3.01. The number of imidazole rings is 1. The van der Waals surface area contributed by atoms with Crippen molar-refractivity contribution in [2.45, 2.75) is 12.8 Å². The molecule has 0 spiro atoms. The number of para-hydroxylation sites is 2. The lowest BCUT2D eigenvalue weighted by atomic mass is 10.0. The summed E-state index contributed by atoms with van der Waals surface area (Å²) in [6.45, 7) is 0. The molecule has 1 atom stereocenters. The molecule has 1 aliphatic rings. The first-order chi connectivity index (χ1) is 10.8. The maximum atomic E-state index is 10.2. The number of aromatic hydroxyl groups is 1. The number of aromatic nitrogens is 3. The van der Waals surface area contributed by atoms with Crippen molar-refractivity contribution in [1.29, 1.82) is 0 Å². The summed E-state index contributed by atoms with van der Waals surface area (Å²) in [5.41, 5.74) is 2.44. The molecule has 4 nitrogen and oxygen atoms in total. The molecule has 0 aliphatic carbocycles. The number of rotatable bonds is 3. The van der Waals surface area contributed by atoms with Gasteiger partial charge in [-0.1, -0.05) is 12.1 Å². The third-order valence-electron chi connectivity index (χ3n) is 4.10. The Labute approximate surface area is 133 Å². The van der Waals surface area contributed by atoms with Crippen LogP contribution in [0.5, 0.6) is 5.75 Å². The molecule has 3 heterocycles. The Bertz CT molecular complexity index is 809. The second kappa shape index (κ2) is 5.65. The van der Waals surface area contributed by atoms with Crippen molar-refractivity contribution in [3.05, 3.63) is 48.4 Å². The first-order valence-electron chi connectivity index (χ1n) is 7.51. The zero-order valence-corrected chi connectivity index (χ0v) is 13.0. The highest BCUT2D eigenvalue weighted by Gasteiger charge is 2.22. The molecule has 0 radical (unpaired) electrons. The van der Waals surface area contributed by atoms with Gasteiger partial charge in [0.15, 0.2) is 5.65 Å². The highest BCUT2D eigenvalue weighted by molar-refractivity contribution is 7.99. The SMILES string of the molecule is Oc1ccccc1-n1c(CC2CCSC2)nc2cccnc21. The van der Waals surface area contributed by atoms with E-state index in [2.05, 4.69) is 4.98 Å². The van der Waals surface area contributed by atoms with Crippen LogP contribution in [0.2, 0.25) is 0 Å². The fourth-order valence-corrected chi connectivity index (χ4v) is 4.29. The molecule has 1 N–H and O–H groups in total. The fraction of sp³-hybridized carbons (Fsp3) is 0.294. The molecule has 1 fully saturated rings. The van der Waals surface area contributed by atoms with E-state index in [-0.39, 0.29) is 5.75 Å². The highest BCUT2D eigenvalue weighted by atomic mass is 32.2. The average molecular weight is 311 g/mol. The number of hydrogen-bond donors (Lipinski definition) is 1. The minimum absolute atomic E-state index is 0.259. The van der Waals surface area contributed by atoms with Crippen LogP contribution >= 0.6 is 11.8 Å². The van der Waals surface area contributed by atoms with Crippen LogP contribution in [0.1, 0.15) is 12.2 Å². The number of phenolic OH excluding ortho intramolecular Hbond substituents is 1.